The van der Waals surface area contributed by atoms with Gasteiger partial charge in [-0.05, 0) is 29.7 Å². The molecule has 0 aliphatic carbocycles. The van der Waals surface area contributed by atoms with Crippen molar-refractivity contribution >= 4 is 18.0 Å². The molecule has 0 unspecified atom stereocenters. The average molecular weight is 245 g/mol. The van der Waals surface area contributed by atoms with Crippen LogP contribution in [-0.4, -0.2) is 28.4 Å². The van der Waals surface area contributed by atoms with Gasteiger partial charge in [0.2, 0.25) is 5.91 Å². The fourth-order valence-corrected chi connectivity index (χ4v) is 2.05. The maximum Gasteiger partial charge on any atom is 0.328 e. The molecule has 1 aliphatic heterocycles. The van der Waals surface area contributed by atoms with Gasteiger partial charge >= 0.3 is 5.97 Å². The highest BCUT2D eigenvalue weighted by molar-refractivity contribution is 5.85. The van der Waals surface area contributed by atoms with Crippen molar-refractivity contribution < 1.29 is 14.7 Å². The maximum absolute atomic E-state index is 11.5. The number of amides is 1. The molecule has 1 aromatic carbocycles. The van der Waals surface area contributed by atoms with Gasteiger partial charge in [-0.2, -0.15) is 0 Å². The lowest BCUT2D eigenvalue weighted by atomic mass is 10.1. The number of carbonyl (C=O) groups is 2. The summed E-state index contributed by atoms with van der Waals surface area (Å²) in [4.78, 5) is 23.8. The van der Waals surface area contributed by atoms with Crippen molar-refractivity contribution in [2.24, 2.45) is 0 Å². The molecule has 0 bridgehead atoms. The number of hydrogen-bond acceptors (Lipinski definition) is 2. The normalized spacial score (nSPS) is 15.6. The number of hydrogen-bond donors (Lipinski definition) is 1. The monoisotopic (exact) mass is 245 g/mol. The topological polar surface area (TPSA) is 57.6 Å². The Bertz CT molecular complexity index is 494. The molecule has 1 aliphatic rings. The molecule has 94 valence electrons. The van der Waals surface area contributed by atoms with Crippen molar-refractivity contribution in [3.63, 3.8) is 0 Å². The summed E-state index contributed by atoms with van der Waals surface area (Å²) in [5.74, 6) is -0.767. The molecule has 1 amide bonds. The molecule has 1 aromatic rings. The van der Waals surface area contributed by atoms with Gasteiger partial charge < -0.3 is 10.0 Å². The van der Waals surface area contributed by atoms with Crippen LogP contribution in [0.4, 0.5) is 0 Å². The van der Waals surface area contributed by atoms with Crippen LogP contribution < -0.4 is 0 Å². The van der Waals surface area contributed by atoms with Crippen LogP contribution in [0.1, 0.15) is 24.0 Å². The van der Waals surface area contributed by atoms with E-state index >= 15 is 0 Å². The third kappa shape index (κ3) is 3.20. The largest absolute Gasteiger partial charge is 0.478 e. The van der Waals surface area contributed by atoms with E-state index in [-0.39, 0.29) is 5.91 Å². The lowest BCUT2D eigenvalue weighted by molar-refractivity contribution is -0.131. The molecule has 4 nitrogen and oxygen atoms in total. The van der Waals surface area contributed by atoms with Gasteiger partial charge in [0.05, 0.1) is 0 Å². The predicted octanol–water partition coefficient (Wildman–Crippen LogP) is 1.91. The Hall–Kier alpha value is -2.10. The first-order chi connectivity index (χ1) is 8.65. The second kappa shape index (κ2) is 5.49. The molecule has 0 spiro atoms. The molecule has 1 heterocycles. The van der Waals surface area contributed by atoms with E-state index < -0.39 is 5.97 Å². The molecule has 0 atom stereocenters. The predicted molar refractivity (Wildman–Crippen MR) is 67.8 cm³/mol. The van der Waals surface area contributed by atoms with Crippen molar-refractivity contribution in [2.45, 2.75) is 19.4 Å². The highest BCUT2D eigenvalue weighted by atomic mass is 16.4. The number of aliphatic carboxylic acids is 1. The summed E-state index contributed by atoms with van der Waals surface area (Å²) in [6.07, 6.45) is 4.23. The van der Waals surface area contributed by atoms with E-state index in [0.717, 1.165) is 30.2 Å². The highest BCUT2D eigenvalue weighted by Crippen LogP contribution is 2.15. The van der Waals surface area contributed by atoms with Gasteiger partial charge in [0, 0.05) is 25.6 Å². The summed E-state index contributed by atoms with van der Waals surface area (Å²) in [6, 6.07) is 7.57. The van der Waals surface area contributed by atoms with Crippen LogP contribution in [0.2, 0.25) is 0 Å². The van der Waals surface area contributed by atoms with E-state index in [4.69, 9.17) is 5.11 Å². The number of rotatable bonds is 4. The van der Waals surface area contributed by atoms with Crippen LogP contribution in [0.25, 0.3) is 6.08 Å². The van der Waals surface area contributed by atoms with Crippen molar-refractivity contribution in [1.29, 1.82) is 0 Å². The lowest BCUT2D eigenvalue weighted by Crippen LogP contribution is -2.23. The van der Waals surface area contributed by atoms with Crippen molar-refractivity contribution in [3.05, 3.63) is 41.5 Å². The van der Waals surface area contributed by atoms with Gasteiger partial charge in [0.25, 0.3) is 0 Å². The first-order valence-electron chi connectivity index (χ1n) is 5.93. The zero-order valence-corrected chi connectivity index (χ0v) is 10.0. The third-order valence-electron chi connectivity index (χ3n) is 2.91. The van der Waals surface area contributed by atoms with Crippen LogP contribution >= 0.6 is 0 Å². The molecule has 0 saturated carbocycles. The van der Waals surface area contributed by atoms with Gasteiger partial charge in [0.15, 0.2) is 0 Å². The molecule has 0 aromatic heterocycles. The van der Waals surface area contributed by atoms with Crippen molar-refractivity contribution in [1.82, 2.24) is 4.90 Å². The zero-order valence-electron chi connectivity index (χ0n) is 10.0. The van der Waals surface area contributed by atoms with E-state index in [1.54, 1.807) is 6.08 Å². The van der Waals surface area contributed by atoms with Crippen LogP contribution in [0.5, 0.6) is 0 Å². The Morgan fingerprint density at radius 3 is 2.94 bits per heavy atom. The minimum Gasteiger partial charge on any atom is -0.478 e. The van der Waals surface area contributed by atoms with Crippen LogP contribution in [0.15, 0.2) is 30.3 Å². The third-order valence-corrected chi connectivity index (χ3v) is 2.91. The summed E-state index contributed by atoms with van der Waals surface area (Å²) in [5, 5.41) is 8.57. The molecule has 1 N–H and O–H groups in total. The van der Waals surface area contributed by atoms with Crippen LogP contribution in [-0.2, 0) is 16.1 Å². The molecule has 18 heavy (non-hydrogen) atoms. The Kier molecular flexibility index (Phi) is 3.77. The molecule has 1 fully saturated rings. The molecule has 2 rings (SSSR count). The smallest absolute Gasteiger partial charge is 0.328 e. The SMILES string of the molecule is O=C(O)/C=C/c1cccc(CN2CCCC2=O)c1. The van der Waals surface area contributed by atoms with Crippen LogP contribution in [0, 0.1) is 0 Å². The second-order valence-corrected chi connectivity index (χ2v) is 4.34. The van der Waals surface area contributed by atoms with Crippen molar-refractivity contribution in [3.8, 4) is 0 Å². The molecular weight excluding hydrogens is 230 g/mol. The quantitative estimate of drug-likeness (QED) is 0.824. The molecule has 4 heteroatoms. The van der Waals surface area contributed by atoms with Gasteiger partial charge in [0.1, 0.15) is 0 Å². The Balaban J connectivity index is 2.07. The summed E-state index contributed by atoms with van der Waals surface area (Å²) < 4.78 is 0. The number of benzene rings is 1. The zero-order chi connectivity index (χ0) is 13.0. The van der Waals surface area contributed by atoms with Gasteiger partial charge in [-0.15, -0.1) is 0 Å². The number of likely N-dealkylation sites (tertiary alicyclic amines) is 1. The standard InChI is InChI=1S/C14H15NO3/c16-13-5-2-8-15(13)10-12-4-1-3-11(9-12)6-7-14(17)18/h1,3-4,6-7,9H,2,5,8,10H2,(H,17,18)/b7-6+. The summed E-state index contributed by atoms with van der Waals surface area (Å²) in [6.45, 7) is 1.42. The fourth-order valence-electron chi connectivity index (χ4n) is 2.05. The van der Waals surface area contributed by atoms with E-state index in [9.17, 15) is 9.59 Å². The van der Waals surface area contributed by atoms with Gasteiger partial charge in [-0.3, -0.25) is 4.79 Å². The van der Waals surface area contributed by atoms with E-state index in [0.29, 0.717) is 13.0 Å². The summed E-state index contributed by atoms with van der Waals surface area (Å²) in [7, 11) is 0. The van der Waals surface area contributed by atoms with E-state index in [1.807, 2.05) is 29.2 Å². The first-order valence-corrected chi connectivity index (χ1v) is 5.93. The second-order valence-electron chi connectivity index (χ2n) is 4.34. The fraction of sp³-hybridized carbons (Fsp3) is 0.286. The van der Waals surface area contributed by atoms with E-state index in [1.165, 1.54) is 0 Å². The Morgan fingerprint density at radius 2 is 2.28 bits per heavy atom. The van der Waals surface area contributed by atoms with Crippen molar-refractivity contribution in [2.75, 3.05) is 6.54 Å². The van der Waals surface area contributed by atoms with Gasteiger partial charge in [-0.1, -0.05) is 18.2 Å². The molecule has 1 saturated heterocycles. The number of nitrogens with zero attached hydrogens (tertiary/aromatic N) is 1. The molecular formula is C14H15NO3. The highest BCUT2D eigenvalue weighted by Gasteiger charge is 2.19. The summed E-state index contributed by atoms with van der Waals surface area (Å²) in [5.41, 5.74) is 1.86. The summed E-state index contributed by atoms with van der Waals surface area (Å²) >= 11 is 0. The Morgan fingerprint density at radius 1 is 1.44 bits per heavy atom. The number of carbonyl (C=O) groups excluding carboxylic acids is 1. The van der Waals surface area contributed by atoms with Crippen LogP contribution in [0.3, 0.4) is 0 Å². The number of carboxylic acid groups (broad SMARTS) is 1. The maximum atomic E-state index is 11.5. The first kappa shape index (κ1) is 12.4. The van der Waals surface area contributed by atoms with E-state index in [2.05, 4.69) is 0 Å². The van der Waals surface area contributed by atoms with Gasteiger partial charge in [-0.25, -0.2) is 4.79 Å². The Labute approximate surface area is 106 Å². The minimum absolute atomic E-state index is 0.196. The number of carboxylic acids is 1. The molecule has 0 radical (unpaired) electrons. The minimum atomic E-state index is -0.963. The average Bonchev–Trinajstić information content (AvgIpc) is 2.73. The lowest BCUT2D eigenvalue weighted by Gasteiger charge is -2.15.